The lowest BCUT2D eigenvalue weighted by molar-refractivity contribution is 0.0578. The maximum Gasteiger partial charge on any atom is 0.193 e. The predicted molar refractivity (Wildman–Crippen MR) is 67.9 cm³/mol. The Morgan fingerprint density at radius 1 is 1.56 bits per heavy atom. The number of pyridine rings is 1. The number of hydrogen-bond acceptors (Lipinski definition) is 4. The van der Waals surface area contributed by atoms with Crippen LogP contribution in [0.5, 0.6) is 5.75 Å². The van der Waals surface area contributed by atoms with E-state index >= 15 is 0 Å². The van der Waals surface area contributed by atoms with Gasteiger partial charge in [-0.2, -0.15) is 0 Å². The van der Waals surface area contributed by atoms with Gasteiger partial charge in [0.2, 0.25) is 0 Å². The molecule has 0 radical (unpaired) electrons. The molecule has 1 aliphatic heterocycles. The molecule has 0 spiro atoms. The highest BCUT2D eigenvalue weighted by atomic mass is 16.5. The van der Waals surface area contributed by atoms with Crippen molar-refractivity contribution in [2.24, 2.45) is 5.92 Å². The SMILES string of the molecule is CCCOc1cncc(C(=O)C2OCCC2C)c1. The van der Waals surface area contributed by atoms with Crippen molar-refractivity contribution in [2.45, 2.75) is 32.8 Å². The molecule has 0 N–H and O–H groups in total. The summed E-state index contributed by atoms with van der Waals surface area (Å²) < 4.78 is 11.0. The number of ether oxygens (including phenoxy) is 2. The summed E-state index contributed by atoms with van der Waals surface area (Å²) in [7, 11) is 0. The van der Waals surface area contributed by atoms with Crippen molar-refractivity contribution >= 4 is 5.78 Å². The third-order valence-corrected chi connectivity index (χ3v) is 3.12. The Hall–Kier alpha value is -1.42. The number of aromatic nitrogens is 1. The highest BCUT2D eigenvalue weighted by Crippen LogP contribution is 2.24. The standard InChI is InChI=1S/C14H19NO3/c1-3-5-17-12-7-11(8-15-9-12)13(16)14-10(2)4-6-18-14/h7-10,14H,3-6H2,1-2H3. The zero-order valence-corrected chi connectivity index (χ0v) is 10.9. The minimum absolute atomic E-state index is 0.00875. The first kappa shape index (κ1) is 13.0. The van der Waals surface area contributed by atoms with Crippen LogP contribution in [0.2, 0.25) is 0 Å². The van der Waals surface area contributed by atoms with Gasteiger partial charge in [-0.3, -0.25) is 9.78 Å². The molecule has 2 unspecified atom stereocenters. The van der Waals surface area contributed by atoms with Gasteiger partial charge >= 0.3 is 0 Å². The quantitative estimate of drug-likeness (QED) is 0.752. The fourth-order valence-corrected chi connectivity index (χ4v) is 2.05. The van der Waals surface area contributed by atoms with Crippen LogP contribution in [0.3, 0.4) is 0 Å². The first-order chi connectivity index (χ1) is 8.72. The number of rotatable bonds is 5. The summed E-state index contributed by atoms with van der Waals surface area (Å²) in [4.78, 5) is 16.3. The van der Waals surface area contributed by atoms with Crippen LogP contribution >= 0.6 is 0 Å². The lowest BCUT2D eigenvalue weighted by Crippen LogP contribution is -2.25. The predicted octanol–water partition coefficient (Wildman–Crippen LogP) is 2.48. The molecule has 18 heavy (non-hydrogen) atoms. The Balaban J connectivity index is 2.10. The van der Waals surface area contributed by atoms with Crippen LogP contribution < -0.4 is 4.74 Å². The first-order valence-corrected chi connectivity index (χ1v) is 6.46. The molecule has 4 heteroatoms. The van der Waals surface area contributed by atoms with Crippen LogP contribution in [0.1, 0.15) is 37.0 Å². The van der Waals surface area contributed by atoms with Gasteiger partial charge in [0.15, 0.2) is 5.78 Å². The van der Waals surface area contributed by atoms with Gasteiger partial charge in [-0.1, -0.05) is 13.8 Å². The Bertz CT molecular complexity index is 419. The van der Waals surface area contributed by atoms with Crippen molar-refractivity contribution in [3.8, 4) is 5.75 Å². The molecule has 0 aromatic carbocycles. The van der Waals surface area contributed by atoms with Gasteiger partial charge in [-0.05, 0) is 24.8 Å². The van der Waals surface area contributed by atoms with Crippen molar-refractivity contribution in [1.82, 2.24) is 4.98 Å². The fraction of sp³-hybridized carbons (Fsp3) is 0.571. The summed E-state index contributed by atoms with van der Waals surface area (Å²) in [6.45, 7) is 5.38. The molecule has 1 aromatic heterocycles. The van der Waals surface area contributed by atoms with Crippen molar-refractivity contribution in [1.29, 1.82) is 0 Å². The third kappa shape index (κ3) is 2.88. The lowest BCUT2D eigenvalue weighted by Gasteiger charge is -2.13. The second-order valence-corrected chi connectivity index (χ2v) is 4.68. The average molecular weight is 249 g/mol. The van der Waals surface area contributed by atoms with E-state index in [4.69, 9.17) is 9.47 Å². The van der Waals surface area contributed by atoms with Crippen molar-refractivity contribution < 1.29 is 14.3 Å². The molecule has 1 fully saturated rings. The molecule has 1 aromatic rings. The van der Waals surface area contributed by atoms with Crippen molar-refractivity contribution in [2.75, 3.05) is 13.2 Å². The van der Waals surface area contributed by atoms with Gasteiger partial charge in [0.05, 0.1) is 12.8 Å². The number of hydrogen-bond donors (Lipinski definition) is 0. The molecule has 2 atom stereocenters. The summed E-state index contributed by atoms with van der Waals surface area (Å²) in [5.74, 6) is 0.931. The van der Waals surface area contributed by atoms with E-state index in [1.54, 1.807) is 18.5 Å². The normalized spacial score (nSPS) is 23.0. The van der Waals surface area contributed by atoms with Gasteiger partial charge in [0.25, 0.3) is 0 Å². The molecule has 4 nitrogen and oxygen atoms in total. The van der Waals surface area contributed by atoms with E-state index in [0.717, 1.165) is 12.8 Å². The van der Waals surface area contributed by atoms with E-state index in [9.17, 15) is 4.79 Å². The van der Waals surface area contributed by atoms with E-state index in [2.05, 4.69) is 4.98 Å². The Kier molecular flexibility index (Phi) is 4.31. The van der Waals surface area contributed by atoms with Crippen LogP contribution in [-0.4, -0.2) is 30.1 Å². The minimum Gasteiger partial charge on any atom is -0.492 e. The number of ketones is 1. The van der Waals surface area contributed by atoms with Gasteiger partial charge < -0.3 is 9.47 Å². The maximum absolute atomic E-state index is 12.3. The molecule has 0 saturated carbocycles. The number of carbonyl (C=O) groups excluding carboxylic acids is 1. The first-order valence-electron chi connectivity index (χ1n) is 6.46. The Labute approximate surface area is 107 Å². The van der Waals surface area contributed by atoms with Crippen LogP contribution in [-0.2, 0) is 4.74 Å². The van der Waals surface area contributed by atoms with Gasteiger partial charge in [-0.15, -0.1) is 0 Å². The minimum atomic E-state index is -0.326. The number of Topliss-reactive ketones (excluding diaryl/α,β-unsaturated/α-hetero) is 1. The van der Waals surface area contributed by atoms with Crippen molar-refractivity contribution in [3.05, 3.63) is 24.0 Å². The van der Waals surface area contributed by atoms with Crippen LogP contribution in [0.15, 0.2) is 18.5 Å². The average Bonchev–Trinajstić information content (AvgIpc) is 2.82. The summed E-state index contributed by atoms with van der Waals surface area (Å²) in [6.07, 6.45) is 4.76. The smallest absolute Gasteiger partial charge is 0.193 e. The lowest BCUT2D eigenvalue weighted by atomic mass is 9.97. The van der Waals surface area contributed by atoms with Gasteiger partial charge in [-0.25, -0.2) is 0 Å². The summed E-state index contributed by atoms with van der Waals surface area (Å²) in [6, 6.07) is 1.75. The molecule has 0 aliphatic carbocycles. The van der Waals surface area contributed by atoms with E-state index in [0.29, 0.717) is 24.5 Å². The Morgan fingerprint density at radius 2 is 2.39 bits per heavy atom. The molecule has 1 saturated heterocycles. The maximum atomic E-state index is 12.3. The topological polar surface area (TPSA) is 48.4 Å². The molecular formula is C14H19NO3. The van der Waals surface area contributed by atoms with Crippen molar-refractivity contribution in [3.63, 3.8) is 0 Å². The van der Waals surface area contributed by atoms with Crippen LogP contribution in [0, 0.1) is 5.92 Å². The number of nitrogens with zero attached hydrogens (tertiary/aromatic N) is 1. The Morgan fingerprint density at radius 3 is 3.06 bits per heavy atom. The second kappa shape index (κ2) is 5.96. The largest absolute Gasteiger partial charge is 0.492 e. The number of carbonyl (C=O) groups is 1. The van der Waals surface area contributed by atoms with E-state index in [1.807, 2.05) is 13.8 Å². The molecule has 2 rings (SSSR count). The zero-order valence-electron chi connectivity index (χ0n) is 10.9. The molecule has 98 valence electrons. The zero-order chi connectivity index (χ0) is 13.0. The van der Waals surface area contributed by atoms with Crippen LogP contribution in [0.25, 0.3) is 0 Å². The van der Waals surface area contributed by atoms with E-state index in [-0.39, 0.29) is 17.8 Å². The summed E-state index contributed by atoms with van der Waals surface area (Å²) in [5.41, 5.74) is 0.572. The monoisotopic (exact) mass is 249 g/mol. The second-order valence-electron chi connectivity index (χ2n) is 4.68. The molecule has 0 amide bonds. The molecule has 0 bridgehead atoms. The molecular weight excluding hydrogens is 230 g/mol. The summed E-state index contributed by atoms with van der Waals surface area (Å²) in [5, 5.41) is 0. The third-order valence-electron chi connectivity index (χ3n) is 3.12. The van der Waals surface area contributed by atoms with Crippen LogP contribution in [0.4, 0.5) is 0 Å². The molecule has 2 heterocycles. The fourth-order valence-electron chi connectivity index (χ4n) is 2.05. The van der Waals surface area contributed by atoms with Gasteiger partial charge in [0, 0.05) is 18.4 Å². The summed E-state index contributed by atoms with van der Waals surface area (Å²) >= 11 is 0. The molecule has 1 aliphatic rings. The van der Waals surface area contributed by atoms with Gasteiger partial charge in [0.1, 0.15) is 11.9 Å². The van der Waals surface area contributed by atoms with E-state index in [1.165, 1.54) is 0 Å². The highest BCUT2D eigenvalue weighted by Gasteiger charge is 2.31. The highest BCUT2D eigenvalue weighted by molar-refractivity contribution is 5.99. The van der Waals surface area contributed by atoms with E-state index < -0.39 is 0 Å².